The smallest absolute Gasteiger partial charge is 0.252 e. The van der Waals surface area contributed by atoms with E-state index in [4.69, 9.17) is 0 Å². The van der Waals surface area contributed by atoms with Crippen molar-refractivity contribution in [3.05, 3.63) is 203 Å². The summed E-state index contributed by atoms with van der Waals surface area (Å²) < 4.78 is 0. The van der Waals surface area contributed by atoms with E-state index in [1.165, 1.54) is 101 Å². The SMILES string of the molecule is CC1(C)Cc2cc3c(cc2C1)N(c1ccc(C(C)(C)C)cc1-c1ccccc1)c1cc(N(c2ccc(C(C)(C)C)cc2)c2ccc(C(C)(C)C)cc2)cc2c1B3c1ccc(C(C)(C)C)cc1N2c1cccc(C(C)(C)C)c1. The lowest BCUT2D eigenvalue weighted by atomic mass is 9.33. The third-order valence-corrected chi connectivity index (χ3v) is 17.0. The zero-order valence-electron chi connectivity index (χ0n) is 49.4. The van der Waals surface area contributed by atoms with Gasteiger partial charge in [0.2, 0.25) is 0 Å². The van der Waals surface area contributed by atoms with Crippen LogP contribution in [0.1, 0.15) is 157 Å². The molecule has 0 fully saturated rings. The monoisotopic (exact) mass is 1010 g/mol. The summed E-state index contributed by atoms with van der Waals surface area (Å²) in [6.45, 7) is 39.8. The Balaban J connectivity index is 1.31. The van der Waals surface area contributed by atoms with Gasteiger partial charge in [0, 0.05) is 45.4 Å². The van der Waals surface area contributed by atoms with Gasteiger partial charge in [0.25, 0.3) is 6.71 Å². The second-order valence-corrected chi connectivity index (χ2v) is 28.8. The van der Waals surface area contributed by atoms with Crippen molar-refractivity contribution in [3.8, 4) is 11.1 Å². The van der Waals surface area contributed by atoms with Gasteiger partial charge in [-0.15, -0.1) is 0 Å². The maximum absolute atomic E-state index is 2.69. The van der Waals surface area contributed by atoms with Gasteiger partial charge >= 0.3 is 0 Å². The van der Waals surface area contributed by atoms with Gasteiger partial charge in [0.1, 0.15) is 0 Å². The molecule has 3 nitrogen and oxygen atoms in total. The molecule has 1 aliphatic carbocycles. The molecular formula is C73H82BN3. The summed E-state index contributed by atoms with van der Waals surface area (Å²) in [6, 6.07) is 64.4. The Labute approximate surface area is 463 Å². The zero-order chi connectivity index (χ0) is 54.9. The van der Waals surface area contributed by atoms with Crippen LogP contribution in [0.3, 0.4) is 0 Å². The van der Waals surface area contributed by atoms with Gasteiger partial charge in [-0.2, -0.15) is 0 Å². The highest BCUT2D eigenvalue weighted by atomic mass is 15.2. The summed E-state index contributed by atoms with van der Waals surface area (Å²) >= 11 is 0. The molecule has 392 valence electrons. The Morgan fingerprint density at radius 3 is 1.42 bits per heavy atom. The van der Waals surface area contributed by atoms with Crippen LogP contribution in [-0.2, 0) is 39.9 Å². The molecule has 77 heavy (non-hydrogen) atoms. The van der Waals surface area contributed by atoms with Crippen molar-refractivity contribution in [2.24, 2.45) is 5.41 Å². The Kier molecular flexibility index (Phi) is 12.3. The van der Waals surface area contributed by atoms with Crippen LogP contribution in [0.25, 0.3) is 11.1 Å². The fourth-order valence-electron chi connectivity index (χ4n) is 12.5. The highest BCUT2D eigenvalue weighted by molar-refractivity contribution is 7.00. The van der Waals surface area contributed by atoms with E-state index in [9.17, 15) is 0 Å². The Morgan fingerprint density at radius 2 is 0.857 bits per heavy atom. The third kappa shape index (κ3) is 9.53. The molecule has 0 saturated heterocycles. The fourth-order valence-corrected chi connectivity index (χ4v) is 12.5. The third-order valence-electron chi connectivity index (χ3n) is 17.0. The van der Waals surface area contributed by atoms with Crippen LogP contribution in [0, 0.1) is 5.41 Å². The number of hydrogen-bond acceptors (Lipinski definition) is 3. The number of rotatable bonds is 6. The molecule has 0 atom stereocenters. The minimum absolute atomic E-state index is 0.00634. The average Bonchev–Trinajstić information content (AvgIpc) is 3.82. The number of hydrogen-bond donors (Lipinski definition) is 0. The van der Waals surface area contributed by atoms with Gasteiger partial charge in [-0.05, 0) is 179 Å². The van der Waals surface area contributed by atoms with Crippen LogP contribution in [0.5, 0.6) is 0 Å². The number of benzene rings is 8. The van der Waals surface area contributed by atoms with Crippen LogP contribution in [0.4, 0.5) is 51.2 Å². The lowest BCUT2D eigenvalue weighted by Gasteiger charge is -2.46. The predicted molar refractivity (Wildman–Crippen MR) is 335 cm³/mol. The molecule has 0 amide bonds. The van der Waals surface area contributed by atoms with Crippen molar-refractivity contribution in [2.45, 2.75) is 158 Å². The van der Waals surface area contributed by atoms with Gasteiger partial charge < -0.3 is 14.7 Å². The van der Waals surface area contributed by atoms with E-state index >= 15 is 0 Å². The van der Waals surface area contributed by atoms with Crippen LogP contribution in [-0.4, -0.2) is 6.71 Å². The molecule has 0 bridgehead atoms. The second kappa shape index (κ2) is 18.2. The van der Waals surface area contributed by atoms with Gasteiger partial charge in [0.05, 0.1) is 11.4 Å². The van der Waals surface area contributed by atoms with E-state index in [1.807, 2.05) is 0 Å². The predicted octanol–water partition coefficient (Wildman–Crippen LogP) is 18.5. The minimum atomic E-state index is -0.0722. The summed E-state index contributed by atoms with van der Waals surface area (Å²) in [5.41, 5.74) is 26.7. The molecule has 8 aromatic rings. The first kappa shape index (κ1) is 52.3. The summed E-state index contributed by atoms with van der Waals surface area (Å²) in [7, 11) is 0. The lowest BCUT2D eigenvalue weighted by Crippen LogP contribution is -2.61. The Hall–Kier alpha value is -6.78. The second-order valence-electron chi connectivity index (χ2n) is 28.8. The molecule has 0 radical (unpaired) electrons. The molecule has 0 aromatic heterocycles. The fraction of sp³-hybridized carbons (Fsp3) is 0.342. The quantitative estimate of drug-likeness (QED) is 0.154. The van der Waals surface area contributed by atoms with Gasteiger partial charge in [-0.25, -0.2) is 0 Å². The normalized spacial score (nSPS) is 15.0. The average molecular weight is 1010 g/mol. The first-order valence-corrected chi connectivity index (χ1v) is 28.5. The number of nitrogens with zero attached hydrogens (tertiary/aromatic N) is 3. The molecule has 2 heterocycles. The summed E-state index contributed by atoms with van der Waals surface area (Å²) in [5.74, 6) is 0. The minimum Gasteiger partial charge on any atom is -0.311 e. The molecule has 0 N–H and O–H groups in total. The summed E-state index contributed by atoms with van der Waals surface area (Å²) in [6.07, 6.45) is 2.11. The molecule has 0 unspecified atom stereocenters. The van der Waals surface area contributed by atoms with E-state index in [0.29, 0.717) is 0 Å². The van der Waals surface area contributed by atoms with E-state index < -0.39 is 0 Å². The van der Waals surface area contributed by atoms with Crippen LogP contribution in [0.2, 0.25) is 0 Å². The molecule has 3 aliphatic rings. The highest BCUT2D eigenvalue weighted by Gasteiger charge is 2.46. The maximum atomic E-state index is 2.69. The van der Waals surface area contributed by atoms with Crippen molar-refractivity contribution in [3.63, 3.8) is 0 Å². The molecule has 4 heteroatoms. The van der Waals surface area contributed by atoms with Crippen LogP contribution in [0.15, 0.2) is 164 Å². The van der Waals surface area contributed by atoms with Crippen molar-refractivity contribution in [2.75, 3.05) is 14.7 Å². The first-order valence-electron chi connectivity index (χ1n) is 28.5. The Morgan fingerprint density at radius 1 is 0.377 bits per heavy atom. The maximum Gasteiger partial charge on any atom is 0.252 e. The van der Waals surface area contributed by atoms with Crippen LogP contribution >= 0.6 is 0 Å². The molecular weight excluding hydrogens is 930 g/mol. The van der Waals surface area contributed by atoms with Gasteiger partial charge in [-0.1, -0.05) is 209 Å². The zero-order valence-corrected chi connectivity index (χ0v) is 49.4. The lowest BCUT2D eigenvalue weighted by molar-refractivity contribution is 0.392. The molecule has 8 aromatic carbocycles. The molecule has 0 spiro atoms. The van der Waals surface area contributed by atoms with E-state index in [0.717, 1.165) is 29.9 Å². The van der Waals surface area contributed by atoms with Crippen molar-refractivity contribution >= 4 is 74.3 Å². The van der Waals surface area contributed by atoms with Crippen molar-refractivity contribution < 1.29 is 0 Å². The molecule has 0 saturated carbocycles. The van der Waals surface area contributed by atoms with E-state index in [2.05, 4.69) is 296 Å². The number of fused-ring (bicyclic) bond motifs is 5. The Bertz CT molecular complexity index is 3510. The standard InChI is InChI=1S/C73H82BN3/c1-68(2,3)50-26-32-55(33-27-50)75(56-34-28-51(29-35-56)69(4,5)6)58-43-65-67-66(44-58)77(62-37-31-53(71(10,11)12)41-59(62)47-22-19-18-20-23-47)63-39-49-46-73(16,17)45-48(49)38-61(63)74(67)60-36-30-54(72(13,14)15)42-64(60)76(65)57-25-21-24-52(40-57)70(7,8)9/h18-44H,45-46H2,1-17H3. The van der Waals surface area contributed by atoms with Crippen LogP contribution < -0.4 is 31.1 Å². The largest absolute Gasteiger partial charge is 0.311 e. The van der Waals surface area contributed by atoms with E-state index in [-0.39, 0.29) is 39.2 Å². The highest BCUT2D eigenvalue weighted by Crippen LogP contribution is 2.52. The van der Waals surface area contributed by atoms with Gasteiger partial charge in [-0.3, -0.25) is 0 Å². The topological polar surface area (TPSA) is 9.72 Å². The van der Waals surface area contributed by atoms with Crippen molar-refractivity contribution in [1.82, 2.24) is 0 Å². The first-order chi connectivity index (χ1) is 36.0. The number of anilines is 9. The molecule has 2 aliphatic heterocycles. The summed E-state index contributed by atoms with van der Waals surface area (Å²) in [4.78, 5) is 7.86. The van der Waals surface area contributed by atoms with Crippen molar-refractivity contribution in [1.29, 1.82) is 0 Å². The van der Waals surface area contributed by atoms with E-state index in [1.54, 1.807) is 0 Å². The summed E-state index contributed by atoms with van der Waals surface area (Å²) in [5, 5.41) is 0. The molecule has 11 rings (SSSR count). The van der Waals surface area contributed by atoms with Gasteiger partial charge in [0.15, 0.2) is 0 Å².